The largest absolute Gasteiger partial charge is 0.391 e. The highest BCUT2D eigenvalue weighted by atomic mass is 16.3. The lowest BCUT2D eigenvalue weighted by Gasteiger charge is -2.28. The Bertz CT molecular complexity index is 309. The van der Waals surface area contributed by atoms with E-state index in [2.05, 4.69) is 20.3 Å². The van der Waals surface area contributed by atoms with Crippen molar-refractivity contribution >= 4 is 18.4 Å². The van der Waals surface area contributed by atoms with Crippen molar-refractivity contribution in [1.29, 1.82) is 0 Å². The van der Waals surface area contributed by atoms with Crippen LogP contribution in [0.5, 0.6) is 0 Å². The van der Waals surface area contributed by atoms with Crippen LogP contribution in [0.25, 0.3) is 0 Å². The summed E-state index contributed by atoms with van der Waals surface area (Å²) in [5.41, 5.74) is 0. The lowest BCUT2D eigenvalue weighted by Crippen LogP contribution is -2.44. The molecule has 2 N–H and O–H groups in total. The number of fused-ring (bicyclic) bond motifs is 1. The maximum atomic E-state index is 9.10. The minimum absolute atomic E-state index is 0.0870. The summed E-state index contributed by atoms with van der Waals surface area (Å²) in [4.78, 5) is 12.7. The lowest BCUT2D eigenvalue weighted by molar-refractivity contribution is 0.203. The predicted molar refractivity (Wildman–Crippen MR) is 60.6 cm³/mol. The monoisotopic (exact) mass is 208 g/mol. The molecule has 2 unspecified atom stereocenters. The van der Waals surface area contributed by atoms with Gasteiger partial charge in [0, 0.05) is 18.3 Å². The molecule has 5 nitrogen and oxygen atoms in total. The average Bonchev–Trinajstić information content (AvgIpc) is 2.26. The van der Waals surface area contributed by atoms with E-state index >= 15 is 0 Å². The molecule has 2 aliphatic heterocycles. The molecule has 0 aromatic rings. The number of aliphatic imine (C=N–C) groups is 3. The molecular formula is C10H16N4O. The van der Waals surface area contributed by atoms with Crippen molar-refractivity contribution in [3.63, 3.8) is 0 Å². The molecule has 0 saturated carbocycles. The predicted octanol–water partition coefficient (Wildman–Crippen LogP) is 0.204. The summed E-state index contributed by atoms with van der Waals surface area (Å²) >= 11 is 0. The first-order chi connectivity index (χ1) is 7.25. The van der Waals surface area contributed by atoms with Crippen LogP contribution in [0.4, 0.5) is 0 Å². The number of nitrogens with one attached hydrogen (secondary N) is 1. The Morgan fingerprint density at radius 2 is 2.60 bits per heavy atom. The quantitative estimate of drug-likeness (QED) is 0.680. The first-order valence-electron chi connectivity index (χ1n) is 5.30. The van der Waals surface area contributed by atoms with Crippen molar-refractivity contribution in [2.24, 2.45) is 20.9 Å². The van der Waals surface area contributed by atoms with Gasteiger partial charge >= 0.3 is 0 Å². The fourth-order valence-corrected chi connectivity index (χ4v) is 1.66. The van der Waals surface area contributed by atoms with Gasteiger partial charge < -0.3 is 10.4 Å². The van der Waals surface area contributed by atoms with Crippen molar-refractivity contribution < 1.29 is 5.11 Å². The molecule has 0 fully saturated rings. The van der Waals surface area contributed by atoms with Crippen LogP contribution in [-0.2, 0) is 0 Å². The zero-order valence-corrected chi connectivity index (χ0v) is 8.80. The molecule has 0 spiro atoms. The fraction of sp³-hybridized carbons (Fsp3) is 0.700. The topological polar surface area (TPSA) is 69.3 Å². The van der Waals surface area contributed by atoms with E-state index in [1.165, 1.54) is 0 Å². The molecule has 0 saturated heterocycles. The Morgan fingerprint density at radius 3 is 3.40 bits per heavy atom. The molecule has 82 valence electrons. The average molecular weight is 208 g/mol. The first-order valence-corrected chi connectivity index (χ1v) is 5.30. The SMILES string of the molecule is C[C@H](O)CN=C1N=CC2CCC=NC2N1. The summed E-state index contributed by atoms with van der Waals surface area (Å²) < 4.78 is 0. The molecule has 5 heteroatoms. The number of hydrogen-bond donors (Lipinski definition) is 2. The third-order valence-corrected chi connectivity index (χ3v) is 2.47. The second-order valence-electron chi connectivity index (χ2n) is 3.95. The van der Waals surface area contributed by atoms with Crippen molar-refractivity contribution in [2.45, 2.75) is 32.0 Å². The van der Waals surface area contributed by atoms with Gasteiger partial charge in [0.1, 0.15) is 6.17 Å². The van der Waals surface area contributed by atoms with E-state index in [-0.39, 0.29) is 6.17 Å². The van der Waals surface area contributed by atoms with Crippen LogP contribution >= 0.6 is 0 Å². The van der Waals surface area contributed by atoms with Gasteiger partial charge in [-0.05, 0) is 19.8 Å². The number of aliphatic hydroxyl groups is 1. The summed E-state index contributed by atoms with van der Waals surface area (Å²) in [6, 6.07) is 0. The van der Waals surface area contributed by atoms with Gasteiger partial charge in [-0.25, -0.2) is 9.98 Å². The van der Waals surface area contributed by atoms with E-state index in [1.807, 2.05) is 12.4 Å². The van der Waals surface area contributed by atoms with E-state index < -0.39 is 6.10 Å². The van der Waals surface area contributed by atoms with E-state index in [0.717, 1.165) is 12.8 Å². The standard InChI is InChI=1S/C10H16N4O/c1-7(15)5-12-10-13-6-8-3-2-4-11-9(8)14-10/h4,6-9,15H,2-3,5H2,1H3,(H,12,14)/t7-,8?,9?/m0/s1. The Hall–Kier alpha value is -1.23. The minimum atomic E-state index is -0.429. The van der Waals surface area contributed by atoms with Crippen molar-refractivity contribution in [3.05, 3.63) is 0 Å². The lowest BCUT2D eigenvalue weighted by atomic mass is 9.98. The molecular weight excluding hydrogens is 192 g/mol. The zero-order valence-electron chi connectivity index (χ0n) is 8.80. The highest BCUT2D eigenvalue weighted by Gasteiger charge is 2.25. The van der Waals surface area contributed by atoms with E-state index in [1.54, 1.807) is 6.92 Å². The van der Waals surface area contributed by atoms with E-state index in [4.69, 9.17) is 5.11 Å². The van der Waals surface area contributed by atoms with Crippen LogP contribution in [0.1, 0.15) is 19.8 Å². The third kappa shape index (κ3) is 2.62. The van der Waals surface area contributed by atoms with Gasteiger partial charge in [-0.2, -0.15) is 0 Å². The van der Waals surface area contributed by atoms with Crippen LogP contribution in [0.3, 0.4) is 0 Å². The minimum Gasteiger partial charge on any atom is -0.391 e. The summed E-state index contributed by atoms with van der Waals surface area (Å²) in [7, 11) is 0. The first kappa shape index (κ1) is 10.3. The summed E-state index contributed by atoms with van der Waals surface area (Å²) in [6.07, 6.45) is 5.63. The molecule has 2 aliphatic rings. The fourth-order valence-electron chi connectivity index (χ4n) is 1.66. The number of guanidine groups is 1. The van der Waals surface area contributed by atoms with Crippen molar-refractivity contribution in [2.75, 3.05) is 6.54 Å². The molecule has 0 aliphatic carbocycles. The molecule has 0 amide bonds. The van der Waals surface area contributed by atoms with Crippen LogP contribution in [-0.4, -0.2) is 42.3 Å². The summed E-state index contributed by atoms with van der Waals surface area (Å²) in [6.45, 7) is 2.08. The Balaban J connectivity index is 2.01. The Morgan fingerprint density at radius 1 is 1.73 bits per heavy atom. The van der Waals surface area contributed by atoms with Crippen LogP contribution < -0.4 is 5.32 Å². The molecule has 2 heterocycles. The van der Waals surface area contributed by atoms with Crippen LogP contribution in [0.15, 0.2) is 15.0 Å². The van der Waals surface area contributed by atoms with Crippen molar-refractivity contribution in [1.82, 2.24) is 5.32 Å². The van der Waals surface area contributed by atoms with Gasteiger partial charge in [0.25, 0.3) is 0 Å². The Labute approximate surface area is 89.0 Å². The second-order valence-corrected chi connectivity index (χ2v) is 3.95. The summed E-state index contributed by atoms with van der Waals surface area (Å²) in [5, 5.41) is 12.3. The molecule has 15 heavy (non-hydrogen) atoms. The normalized spacial score (nSPS) is 33.6. The molecule has 0 radical (unpaired) electrons. The molecule has 0 bridgehead atoms. The maximum absolute atomic E-state index is 9.10. The summed E-state index contributed by atoms with van der Waals surface area (Å²) in [5.74, 6) is 0.969. The molecule has 0 aromatic carbocycles. The highest BCUT2D eigenvalue weighted by molar-refractivity contribution is 5.91. The van der Waals surface area contributed by atoms with E-state index in [9.17, 15) is 0 Å². The third-order valence-electron chi connectivity index (χ3n) is 2.47. The van der Waals surface area contributed by atoms with Crippen LogP contribution in [0, 0.1) is 5.92 Å². The number of aliphatic hydroxyl groups excluding tert-OH is 1. The van der Waals surface area contributed by atoms with Gasteiger partial charge in [0.15, 0.2) is 0 Å². The van der Waals surface area contributed by atoms with Gasteiger partial charge in [0.2, 0.25) is 5.96 Å². The number of nitrogens with zero attached hydrogens (tertiary/aromatic N) is 3. The van der Waals surface area contributed by atoms with Gasteiger partial charge in [-0.3, -0.25) is 4.99 Å². The molecule has 3 atom stereocenters. The van der Waals surface area contributed by atoms with E-state index in [0.29, 0.717) is 18.4 Å². The molecule has 2 rings (SSSR count). The smallest absolute Gasteiger partial charge is 0.219 e. The van der Waals surface area contributed by atoms with Gasteiger partial charge in [-0.1, -0.05) is 0 Å². The number of hydrogen-bond acceptors (Lipinski definition) is 3. The molecule has 0 aromatic heterocycles. The van der Waals surface area contributed by atoms with Crippen molar-refractivity contribution in [3.8, 4) is 0 Å². The van der Waals surface area contributed by atoms with Gasteiger partial charge in [0.05, 0.1) is 12.6 Å². The highest BCUT2D eigenvalue weighted by Crippen LogP contribution is 2.17. The zero-order chi connectivity index (χ0) is 10.7. The second kappa shape index (κ2) is 4.53. The van der Waals surface area contributed by atoms with Gasteiger partial charge in [-0.15, -0.1) is 0 Å². The Kier molecular flexibility index (Phi) is 3.11. The maximum Gasteiger partial charge on any atom is 0.219 e. The van der Waals surface area contributed by atoms with Crippen LogP contribution in [0.2, 0.25) is 0 Å². The number of rotatable bonds is 2.